The molecule has 0 fully saturated rings. The molecule has 0 aliphatic rings. The monoisotopic (exact) mass is 348 g/mol. The maximum absolute atomic E-state index is 13.6. The number of hydrogen-bond acceptors (Lipinski definition) is 4. The van der Waals surface area contributed by atoms with Crippen molar-refractivity contribution in [1.29, 1.82) is 0 Å². The van der Waals surface area contributed by atoms with Crippen molar-refractivity contribution in [3.05, 3.63) is 75.5 Å². The van der Waals surface area contributed by atoms with E-state index in [1.54, 1.807) is 24.1 Å². The fourth-order valence-electron chi connectivity index (χ4n) is 2.20. The second kappa shape index (κ2) is 6.96. The van der Waals surface area contributed by atoms with Gasteiger partial charge in [0, 0.05) is 42.7 Å². The summed E-state index contributed by atoms with van der Waals surface area (Å²) in [6, 6.07) is 4.01. The second-order valence-electron chi connectivity index (χ2n) is 5.24. The maximum Gasteiger partial charge on any atom is 0.277 e. The number of halogens is 2. The van der Waals surface area contributed by atoms with Gasteiger partial charge in [0.1, 0.15) is 0 Å². The van der Waals surface area contributed by atoms with Crippen molar-refractivity contribution in [3.8, 4) is 0 Å². The number of nitrogens with zero attached hydrogens (tertiary/aromatic N) is 3. The molecule has 8 heteroatoms. The molecule has 2 aromatic heterocycles. The Morgan fingerprint density at radius 3 is 2.83 bits per heavy atom. The molecule has 24 heavy (non-hydrogen) atoms. The van der Waals surface area contributed by atoms with Crippen molar-refractivity contribution >= 4 is 11.8 Å². The SMILES string of the molecule is Cn1cc(Cc2c[nH]c(SCc3cccc(F)c3F)nc2=O)cn1. The molecule has 0 bridgehead atoms. The molecule has 0 saturated heterocycles. The number of hydrogen-bond donors (Lipinski definition) is 1. The van der Waals surface area contributed by atoms with Gasteiger partial charge in [0.05, 0.1) is 6.20 Å². The topological polar surface area (TPSA) is 63.6 Å². The van der Waals surface area contributed by atoms with E-state index in [2.05, 4.69) is 15.1 Å². The lowest BCUT2D eigenvalue weighted by Crippen LogP contribution is -2.14. The maximum atomic E-state index is 13.6. The van der Waals surface area contributed by atoms with Crippen LogP contribution >= 0.6 is 11.8 Å². The Morgan fingerprint density at radius 1 is 1.29 bits per heavy atom. The Kier molecular flexibility index (Phi) is 4.75. The largest absolute Gasteiger partial charge is 0.341 e. The lowest BCUT2D eigenvalue weighted by molar-refractivity contribution is 0.502. The minimum absolute atomic E-state index is 0.175. The van der Waals surface area contributed by atoms with Crippen molar-refractivity contribution in [2.45, 2.75) is 17.3 Å². The quantitative estimate of drug-likeness (QED) is 0.569. The van der Waals surface area contributed by atoms with E-state index in [1.165, 1.54) is 12.1 Å². The van der Waals surface area contributed by atoms with E-state index in [1.807, 2.05) is 6.20 Å². The van der Waals surface area contributed by atoms with Crippen LogP contribution in [0.3, 0.4) is 0 Å². The second-order valence-corrected chi connectivity index (χ2v) is 6.20. The first-order chi connectivity index (χ1) is 11.5. The third-order valence-corrected chi connectivity index (χ3v) is 4.33. The van der Waals surface area contributed by atoms with Gasteiger partial charge in [-0.25, -0.2) is 8.78 Å². The summed E-state index contributed by atoms with van der Waals surface area (Å²) in [6.45, 7) is 0. The molecule has 0 saturated carbocycles. The number of aromatic nitrogens is 4. The Hall–Kier alpha value is -2.48. The molecule has 3 rings (SSSR count). The van der Waals surface area contributed by atoms with Crippen LogP contribution < -0.4 is 5.56 Å². The van der Waals surface area contributed by atoms with Gasteiger partial charge in [0.2, 0.25) is 0 Å². The van der Waals surface area contributed by atoms with Crippen molar-refractivity contribution in [2.75, 3.05) is 0 Å². The van der Waals surface area contributed by atoms with Crippen LogP contribution in [0.1, 0.15) is 16.7 Å². The van der Waals surface area contributed by atoms with Crippen LogP contribution in [0.25, 0.3) is 0 Å². The first kappa shape index (κ1) is 16.4. The van der Waals surface area contributed by atoms with Crippen LogP contribution in [0.5, 0.6) is 0 Å². The number of nitrogens with one attached hydrogen (secondary N) is 1. The Balaban J connectivity index is 1.70. The Morgan fingerprint density at radius 2 is 2.12 bits per heavy atom. The highest BCUT2D eigenvalue weighted by molar-refractivity contribution is 7.98. The van der Waals surface area contributed by atoms with Gasteiger partial charge in [-0.2, -0.15) is 10.1 Å². The van der Waals surface area contributed by atoms with Crippen molar-refractivity contribution in [1.82, 2.24) is 19.7 Å². The molecule has 0 radical (unpaired) electrons. The lowest BCUT2D eigenvalue weighted by atomic mass is 10.1. The Labute approximate surface area is 140 Å². The third kappa shape index (κ3) is 3.70. The van der Waals surface area contributed by atoms with E-state index >= 15 is 0 Å². The van der Waals surface area contributed by atoms with Crippen molar-refractivity contribution in [3.63, 3.8) is 0 Å². The molecule has 3 aromatic rings. The number of aryl methyl sites for hydroxylation is 1. The van der Waals surface area contributed by atoms with E-state index in [-0.39, 0.29) is 16.9 Å². The third-order valence-electron chi connectivity index (χ3n) is 3.40. The minimum atomic E-state index is -0.888. The molecule has 2 heterocycles. The predicted molar refractivity (Wildman–Crippen MR) is 86.8 cm³/mol. The molecular formula is C16H14F2N4OS. The zero-order chi connectivity index (χ0) is 17.1. The van der Waals surface area contributed by atoms with Gasteiger partial charge in [-0.15, -0.1) is 0 Å². The molecule has 0 aliphatic carbocycles. The first-order valence-corrected chi connectivity index (χ1v) is 8.13. The molecule has 0 amide bonds. The summed E-state index contributed by atoms with van der Waals surface area (Å²) in [5, 5.41) is 4.41. The summed E-state index contributed by atoms with van der Waals surface area (Å²) in [5.41, 5.74) is 1.30. The molecule has 124 valence electrons. The van der Waals surface area contributed by atoms with Gasteiger partial charge in [0.15, 0.2) is 16.8 Å². The molecular weight excluding hydrogens is 334 g/mol. The van der Waals surface area contributed by atoms with Crippen molar-refractivity contribution in [2.24, 2.45) is 7.05 Å². The lowest BCUT2D eigenvalue weighted by Gasteiger charge is -2.04. The minimum Gasteiger partial charge on any atom is -0.341 e. The van der Waals surface area contributed by atoms with Gasteiger partial charge >= 0.3 is 0 Å². The van der Waals surface area contributed by atoms with Gasteiger partial charge in [0.25, 0.3) is 5.56 Å². The summed E-state index contributed by atoms with van der Waals surface area (Å²) in [5.74, 6) is -1.59. The molecule has 0 atom stereocenters. The molecule has 1 aromatic carbocycles. The molecule has 0 aliphatic heterocycles. The first-order valence-electron chi connectivity index (χ1n) is 7.15. The fourth-order valence-corrected chi connectivity index (χ4v) is 3.00. The van der Waals surface area contributed by atoms with Gasteiger partial charge < -0.3 is 4.98 Å². The van der Waals surface area contributed by atoms with Crippen LogP contribution in [0.15, 0.2) is 46.7 Å². The summed E-state index contributed by atoms with van der Waals surface area (Å²) >= 11 is 1.14. The smallest absolute Gasteiger partial charge is 0.277 e. The normalized spacial score (nSPS) is 11.0. The molecule has 0 spiro atoms. The van der Waals surface area contributed by atoms with Gasteiger partial charge in [-0.3, -0.25) is 9.48 Å². The number of thioether (sulfide) groups is 1. The van der Waals surface area contributed by atoms with Gasteiger partial charge in [-0.1, -0.05) is 23.9 Å². The van der Waals surface area contributed by atoms with Crippen LogP contribution in [-0.2, 0) is 19.2 Å². The number of H-pyrrole nitrogens is 1. The standard InChI is InChI=1S/C16H14F2N4OS/c1-22-8-10(6-20-22)5-12-7-19-16(21-15(12)23)24-9-11-3-2-4-13(17)14(11)18/h2-4,6-8H,5,9H2,1H3,(H,19,21,23). The summed E-state index contributed by atoms with van der Waals surface area (Å²) in [4.78, 5) is 18.9. The van der Waals surface area contributed by atoms with E-state index in [9.17, 15) is 13.6 Å². The highest BCUT2D eigenvalue weighted by atomic mass is 32.2. The highest BCUT2D eigenvalue weighted by Gasteiger charge is 2.10. The highest BCUT2D eigenvalue weighted by Crippen LogP contribution is 2.21. The average Bonchev–Trinajstić information content (AvgIpc) is 2.96. The zero-order valence-electron chi connectivity index (χ0n) is 12.8. The number of benzene rings is 1. The van der Waals surface area contributed by atoms with E-state index < -0.39 is 11.6 Å². The number of aromatic amines is 1. The zero-order valence-corrected chi connectivity index (χ0v) is 13.6. The molecule has 1 N–H and O–H groups in total. The molecule has 5 nitrogen and oxygen atoms in total. The van der Waals surface area contributed by atoms with E-state index in [4.69, 9.17) is 0 Å². The summed E-state index contributed by atoms with van der Waals surface area (Å²) < 4.78 is 28.4. The summed E-state index contributed by atoms with van der Waals surface area (Å²) in [7, 11) is 1.80. The van der Waals surface area contributed by atoms with Crippen LogP contribution in [0.4, 0.5) is 8.78 Å². The Bertz CT molecular complexity index is 922. The van der Waals surface area contributed by atoms with Gasteiger partial charge in [-0.05, 0) is 11.6 Å². The van der Waals surface area contributed by atoms with E-state index in [0.29, 0.717) is 17.1 Å². The van der Waals surface area contributed by atoms with Crippen LogP contribution in [0, 0.1) is 11.6 Å². The fraction of sp³-hybridized carbons (Fsp3) is 0.188. The average molecular weight is 348 g/mol. The number of rotatable bonds is 5. The predicted octanol–water partition coefficient (Wildman–Crippen LogP) is 2.66. The van der Waals surface area contributed by atoms with Crippen molar-refractivity contribution < 1.29 is 8.78 Å². The van der Waals surface area contributed by atoms with Crippen LogP contribution in [0.2, 0.25) is 0 Å². The molecule has 0 unspecified atom stereocenters. The van der Waals surface area contributed by atoms with Crippen LogP contribution in [-0.4, -0.2) is 19.7 Å². The van der Waals surface area contributed by atoms with E-state index in [0.717, 1.165) is 23.4 Å². The summed E-state index contributed by atoms with van der Waals surface area (Å²) in [6.07, 6.45) is 5.54.